The van der Waals surface area contributed by atoms with Gasteiger partial charge in [-0.2, -0.15) is 0 Å². The molecule has 0 amide bonds. The second-order valence-corrected chi connectivity index (χ2v) is 7.66. The Hall–Kier alpha value is -2.63. The normalized spacial score (nSPS) is 12.5. The molecule has 0 radical (unpaired) electrons. The van der Waals surface area contributed by atoms with Gasteiger partial charge in [-0.15, -0.1) is 0 Å². The van der Waals surface area contributed by atoms with Crippen LogP contribution in [0.2, 0.25) is 0 Å². The van der Waals surface area contributed by atoms with Crippen LogP contribution in [0.15, 0.2) is 51.7 Å². The van der Waals surface area contributed by atoms with Gasteiger partial charge in [0.05, 0.1) is 21.2 Å². The highest BCUT2D eigenvalue weighted by Crippen LogP contribution is 2.21. The zero-order valence-electron chi connectivity index (χ0n) is 17.3. The van der Waals surface area contributed by atoms with Crippen molar-refractivity contribution >= 4 is 11.0 Å². The number of methoxy groups -OCH3 is 1. The number of benzene rings is 2. The average molecular weight is 383 g/mol. The lowest BCUT2D eigenvalue weighted by atomic mass is 10.0. The third kappa shape index (κ3) is 4.43. The standard InChI is InChI=1S/C23H28N2O3/c1-15-9-20-18(12-23(26)28-22(20)10-16(15)2)13-24-14-21(25(3)4)17-7-6-8-19(11-17)27-5/h6-12,21,24H,13-14H2,1-5H3/p+2/t21-/m1/s1. The van der Waals surface area contributed by atoms with Crippen molar-refractivity contribution in [2.45, 2.75) is 26.4 Å². The maximum atomic E-state index is 12.0. The number of fused-ring (bicyclic) bond motifs is 1. The summed E-state index contributed by atoms with van der Waals surface area (Å²) in [7, 11) is 6.02. The highest BCUT2D eigenvalue weighted by atomic mass is 16.5. The zero-order chi connectivity index (χ0) is 20.3. The minimum Gasteiger partial charge on any atom is -0.497 e. The quantitative estimate of drug-likeness (QED) is 0.607. The summed E-state index contributed by atoms with van der Waals surface area (Å²) in [5.41, 5.74) is 4.98. The first-order chi connectivity index (χ1) is 13.4. The van der Waals surface area contributed by atoms with Gasteiger partial charge in [-0.3, -0.25) is 0 Å². The molecule has 28 heavy (non-hydrogen) atoms. The van der Waals surface area contributed by atoms with Gasteiger partial charge in [0.2, 0.25) is 0 Å². The molecule has 0 unspecified atom stereocenters. The van der Waals surface area contributed by atoms with Gasteiger partial charge in [0.1, 0.15) is 24.4 Å². The van der Waals surface area contributed by atoms with E-state index in [1.54, 1.807) is 13.2 Å². The molecule has 3 rings (SSSR count). The van der Waals surface area contributed by atoms with Crippen LogP contribution in [-0.4, -0.2) is 27.7 Å². The fourth-order valence-corrected chi connectivity index (χ4v) is 3.62. The molecule has 3 N–H and O–H groups in total. The van der Waals surface area contributed by atoms with Crippen molar-refractivity contribution in [2.75, 3.05) is 27.7 Å². The van der Waals surface area contributed by atoms with E-state index in [1.165, 1.54) is 16.0 Å². The Morgan fingerprint density at radius 1 is 1.11 bits per heavy atom. The summed E-state index contributed by atoms with van der Waals surface area (Å²) in [5.74, 6) is 0.876. The third-order valence-corrected chi connectivity index (χ3v) is 5.40. The molecule has 3 aromatic rings. The number of nitrogens with one attached hydrogen (secondary N) is 1. The summed E-state index contributed by atoms with van der Waals surface area (Å²) in [6.07, 6.45) is 0. The molecule has 0 bridgehead atoms. The first kappa shape index (κ1) is 20.1. The van der Waals surface area contributed by atoms with E-state index in [0.717, 1.165) is 35.4 Å². The molecular weight excluding hydrogens is 352 g/mol. The van der Waals surface area contributed by atoms with Crippen molar-refractivity contribution in [3.63, 3.8) is 0 Å². The van der Waals surface area contributed by atoms with Crippen LogP contribution >= 0.6 is 0 Å². The predicted octanol–water partition coefficient (Wildman–Crippen LogP) is 1.37. The minimum absolute atomic E-state index is 0.290. The molecule has 0 aliphatic carbocycles. The molecule has 0 saturated heterocycles. The highest BCUT2D eigenvalue weighted by molar-refractivity contribution is 5.81. The van der Waals surface area contributed by atoms with Crippen LogP contribution in [0.25, 0.3) is 11.0 Å². The SMILES string of the molecule is COc1cccc([C@@H](C[NH2+]Cc2cc(=O)oc3cc(C)c(C)cc23)[NH+](C)C)c1. The third-order valence-electron chi connectivity index (χ3n) is 5.40. The second-order valence-electron chi connectivity index (χ2n) is 7.66. The fourth-order valence-electron chi connectivity index (χ4n) is 3.62. The summed E-state index contributed by atoms with van der Waals surface area (Å²) in [6, 6.07) is 14.3. The molecule has 0 aliphatic heterocycles. The largest absolute Gasteiger partial charge is 0.497 e. The van der Waals surface area contributed by atoms with Crippen LogP contribution < -0.4 is 20.6 Å². The minimum atomic E-state index is -0.290. The molecule has 5 heteroatoms. The van der Waals surface area contributed by atoms with Gasteiger partial charge in [-0.1, -0.05) is 12.1 Å². The van der Waals surface area contributed by atoms with E-state index in [4.69, 9.17) is 9.15 Å². The summed E-state index contributed by atoms with van der Waals surface area (Å²) in [5, 5.41) is 3.29. The molecule has 0 aliphatic rings. The maximum Gasteiger partial charge on any atom is 0.336 e. The number of aryl methyl sites for hydroxylation is 2. The lowest BCUT2D eigenvalue weighted by molar-refractivity contribution is -0.910. The lowest BCUT2D eigenvalue weighted by Gasteiger charge is -2.21. The van der Waals surface area contributed by atoms with Crippen LogP contribution in [0.1, 0.15) is 28.3 Å². The van der Waals surface area contributed by atoms with Crippen LogP contribution in [-0.2, 0) is 6.54 Å². The Morgan fingerprint density at radius 2 is 1.86 bits per heavy atom. The number of hydrogen-bond acceptors (Lipinski definition) is 3. The Labute approximate surface area is 165 Å². The molecule has 0 saturated carbocycles. The van der Waals surface area contributed by atoms with Gasteiger partial charge in [0.25, 0.3) is 0 Å². The molecule has 148 valence electrons. The van der Waals surface area contributed by atoms with Crippen molar-refractivity contribution in [2.24, 2.45) is 0 Å². The van der Waals surface area contributed by atoms with Crippen molar-refractivity contribution < 1.29 is 19.4 Å². The van der Waals surface area contributed by atoms with Crippen LogP contribution in [0.3, 0.4) is 0 Å². The fraction of sp³-hybridized carbons (Fsp3) is 0.348. The van der Waals surface area contributed by atoms with E-state index in [0.29, 0.717) is 11.6 Å². The van der Waals surface area contributed by atoms with Gasteiger partial charge in [-0.05, 0) is 49.2 Å². The molecule has 0 spiro atoms. The van der Waals surface area contributed by atoms with Crippen LogP contribution in [0, 0.1) is 13.8 Å². The maximum absolute atomic E-state index is 12.0. The van der Waals surface area contributed by atoms with E-state index in [9.17, 15) is 4.79 Å². The second kappa shape index (κ2) is 8.59. The van der Waals surface area contributed by atoms with Gasteiger partial charge in [0.15, 0.2) is 6.04 Å². The highest BCUT2D eigenvalue weighted by Gasteiger charge is 2.20. The monoisotopic (exact) mass is 382 g/mol. The van der Waals surface area contributed by atoms with E-state index < -0.39 is 0 Å². The molecule has 5 nitrogen and oxygen atoms in total. The number of hydrogen-bond donors (Lipinski definition) is 2. The Bertz CT molecular complexity index is 1020. The van der Waals surface area contributed by atoms with E-state index in [1.807, 2.05) is 25.1 Å². The topological polar surface area (TPSA) is 60.5 Å². The van der Waals surface area contributed by atoms with Crippen molar-refractivity contribution in [3.8, 4) is 5.75 Å². The summed E-state index contributed by atoms with van der Waals surface area (Å²) in [6.45, 7) is 5.76. The van der Waals surface area contributed by atoms with Crippen LogP contribution in [0.5, 0.6) is 5.75 Å². The first-order valence-corrected chi connectivity index (χ1v) is 9.68. The molecule has 0 fully saturated rings. The van der Waals surface area contributed by atoms with Crippen LogP contribution in [0.4, 0.5) is 0 Å². The first-order valence-electron chi connectivity index (χ1n) is 9.68. The molecule has 1 atom stereocenters. The molecule has 1 aromatic heterocycles. The van der Waals surface area contributed by atoms with Crippen molar-refractivity contribution in [1.82, 2.24) is 0 Å². The Morgan fingerprint density at radius 3 is 2.57 bits per heavy atom. The number of rotatable bonds is 7. The zero-order valence-corrected chi connectivity index (χ0v) is 17.3. The Kier molecular flexibility index (Phi) is 6.17. The van der Waals surface area contributed by atoms with Gasteiger partial charge < -0.3 is 19.4 Å². The van der Waals surface area contributed by atoms with E-state index in [2.05, 4.69) is 44.5 Å². The van der Waals surface area contributed by atoms with E-state index >= 15 is 0 Å². The average Bonchev–Trinajstić information content (AvgIpc) is 2.66. The number of ether oxygens (including phenoxy) is 1. The molecule has 1 heterocycles. The van der Waals surface area contributed by atoms with E-state index in [-0.39, 0.29) is 5.63 Å². The van der Waals surface area contributed by atoms with Gasteiger partial charge in [-0.25, -0.2) is 4.79 Å². The molecular formula is C23H30N2O3+2. The number of nitrogens with two attached hydrogens (primary N) is 1. The van der Waals surface area contributed by atoms with Crippen molar-refractivity contribution in [1.29, 1.82) is 0 Å². The predicted molar refractivity (Wildman–Crippen MR) is 111 cm³/mol. The number of likely N-dealkylation sites (N-methyl/N-ethyl adjacent to an activating group) is 1. The van der Waals surface area contributed by atoms with Crippen molar-refractivity contribution in [3.05, 3.63) is 75.1 Å². The summed E-state index contributed by atoms with van der Waals surface area (Å²) >= 11 is 0. The lowest BCUT2D eigenvalue weighted by Crippen LogP contribution is -3.09. The van der Waals surface area contributed by atoms with Gasteiger partial charge in [0, 0.05) is 22.6 Å². The summed E-state index contributed by atoms with van der Waals surface area (Å²) < 4.78 is 10.8. The number of quaternary nitrogens is 2. The van der Waals surface area contributed by atoms with Gasteiger partial charge >= 0.3 is 5.63 Å². The Balaban J connectivity index is 1.81. The molecule has 2 aromatic carbocycles. The summed E-state index contributed by atoms with van der Waals surface area (Å²) in [4.78, 5) is 13.4. The smallest absolute Gasteiger partial charge is 0.336 e.